The second-order valence-electron chi connectivity index (χ2n) is 8.31. The average Bonchev–Trinajstić information content (AvgIpc) is 3.22. The normalized spacial score (nSPS) is 23.1. The number of rotatable bonds is 5. The van der Waals surface area contributed by atoms with Gasteiger partial charge in [0.15, 0.2) is 11.5 Å². The maximum atomic E-state index is 10.8. The molecular weight excluding hydrogens is 382 g/mol. The highest BCUT2D eigenvalue weighted by atomic mass is 16.6. The molecular formula is C24H29NO5. The van der Waals surface area contributed by atoms with Crippen LogP contribution in [0.2, 0.25) is 0 Å². The van der Waals surface area contributed by atoms with Crippen LogP contribution in [-0.4, -0.2) is 55.6 Å². The number of aliphatic hydroxyl groups excluding tert-OH is 1. The fraction of sp³-hybridized carbons (Fsp3) is 0.500. The molecule has 0 spiro atoms. The first-order valence-corrected chi connectivity index (χ1v) is 10.9. The number of fused-ring (bicyclic) bond motifs is 2. The number of methoxy groups -OCH3 is 1. The summed E-state index contributed by atoms with van der Waals surface area (Å²) < 4.78 is 23.2. The van der Waals surface area contributed by atoms with Crippen molar-refractivity contribution >= 4 is 0 Å². The smallest absolute Gasteiger partial charge is 0.203 e. The quantitative estimate of drug-likeness (QED) is 0.816. The first-order chi connectivity index (χ1) is 14.7. The molecule has 0 unspecified atom stereocenters. The van der Waals surface area contributed by atoms with Crippen molar-refractivity contribution in [1.29, 1.82) is 0 Å². The largest absolute Gasteiger partial charge is 0.496 e. The number of nitrogens with zero attached hydrogens (tertiary/aromatic N) is 1. The Bertz CT molecular complexity index is 915. The first kappa shape index (κ1) is 19.5. The fourth-order valence-corrected chi connectivity index (χ4v) is 4.77. The molecule has 2 aromatic rings. The average molecular weight is 411 g/mol. The van der Waals surface area contributed by atoms with E-state index in [0.717, 1.165) is 38.1 Å². The number of hydrogen-bond donors (Lipinski definition) is 1. The number of aryl methyl sites for hydroxylation is 2. The summed E-state index contributed by atoms with van der Waals surface area (Å²) in [5.74, 6) is 2.94. The van der Waals surface area contributed by atoms with Gasteiger partial charge in [-0.2, -0.15) is 0 Å². The molecule has 2 aliphatic heterocycles. The van der Waals surface area contributed by atoms with Crippen LogP contribution >= 0.6 is 0 Å². The molecule has 1 aliphatic carbocycles. The molecule has 2 heterocycles. The number of likely N-dealkylation sites (tertiary alicyclic amines) is 1. The van der Waals surface area contributed by atoms with E-state index in [1.807, 2.05) is 18.2 Å². The zero-order chi connectivity index (χ0) is 20.5. The molecule has 0 aromatic heterocycles. The maximum Gasteiger partial charge on any atom is 0.203 e. The highest BCUT2D eigenvalue weighted by molar-refractivity contribution is 5.52. The van der Waals surface area contributed by atoms with Gasteiger partial charge < -0.3 is 24.1 Å². The summed E-state index contributed by atoms with van der Waals surface area (Å²) in [4.78, 5) is 2.28. The van der Waals surface area contributed by atoms with Gasteiger partial charge in [-0.1, -0.05) is 12.1 Å². The standard InChI is InChI=1S/C24H29NO5/c1-27-23-13-17-5-2-4-16(17)12-18(23)14-25-9-8-20(19(26)15-25)30-22-7-3-6-21-24(22)29-11-10-28-21/h3,6-7,12-13,19-20,26H,2,4-5,8-11,14-15H2,1H3/t19-,20-/m1/s1. The molecule has 1 N–H and O–H groups in total. The Labute approximate surface area is 177 Å². The van der Waals surface area contributed by atoms with Crippen molar-refractivity contribution in [2.75, 3.05) is 33.4 Å². The Balaban J connectivity index is 1.25. The third-order valence-corrected chi connectivity index (χ3v) is 6.30. The molecule has 30 heavy (non-hydrogen) atoms. The van der Waals surface area contributed by atoms with Crippen LogP contribution < -0.4 is 18.9 Å². The van der Waals surface area contributed by atoms with Gasteiger partial charge in [0, 0.05) is 25.2 Å². The molecule has 160 valence electrons. The molecule has 0 saturated carbocycles. The van der Waals surface area contributed by atoms with Gasteiger partial charge in [0.25, 0.3) is 0 Å². The Kier molecular flexibility index (Phi) is 5.44. The van der Waals surface area contributed by atoms with Crippen LogP contribution in [0, 0.1) is 0 Å². The molecule has 2 aromatic carbocycles. The molecule has 1 fully saturated rings. The van der Waals surface area contributed by atoms with Gasteiger partial charge in [0.1, 0.15) is 31.2 Å². The third kappa shape index (κ3) is 3.82. The predicted octanol–water partition coefficient (Wildman–Crippen LogP) is 2.97. The molecule has 2 atom stereocenters. The van der Waals surface area contributed by atoms with Crippen molar-refractivity contribution < 1.29 is 24.1 Å². The van der Waals surface area contributed by atoms with Gasteiger partial charge in [-0.3, -0.25) is 4.90 Å². The molecule has 3 aliphatic rings. The fourth-order valence-electron chi connectivity index (χ4n) is 4.77. The second-order valence-corrected chi connectivity index (χ2v) is 8.31. The van der Waals surface area contributed by atoms with Crippen molar-refractivity contribution in [3.8, 4) is 23.0 Å². The summed E-state index contributed by atoms with van der Waals surface area (Å²) in [5, 5.41) is 10.8. The lowest BCUT2D eigenvalue weighted by molar-refractivity contribution is -0.0291. The topological polar surface area (TPSA) is 60.4 Å². The minimum Gasteiger partial charge on any atom is -0.496 e. The van der Waals surface area contributed by atoms with Crippen LogP contribution in [0.15, 0.2) is 30.3 Å². The predicted molar refractivity (Wildman–Crippen MR) is 113 cm³/mol. The van der Waals surface area contributed by atoms with Crippen LogP contribution in [0.1, 0.15) is 29.5 Å². The Morgan fingerprint density at radius 1 is 1.10 bits per heavy atom. The van der Waals surface area contributed by atoms with E-state index in [1.165, 1.54) is 23.1 Å². The highest BCUT2D eigenvalue weighted by Gasteiger charge is 2.31. The number of aliphatic hydroxyl groups is 1. The van der Waals surface area contributed by atoms with Crippen LogP contribution in [0.25, 0.3) is 0 Å². The van der Waals surface area contributed by atoms with E-state index in [9.17, 15) is 5.11 Å². The Morgan fingerprint density at radius 3 is 2.77 bits per heavy atom. The molecule has 0 radical (unpaired) electrons. The monoisotopic (exact) mass is 411 g/mol. The summed E-state index contributed by atoms with van der Waals surface area (Å²) in [6.07, 6.45) is 3.43. The number of hydrogen-bond acceptors (Lipinski definition) is 6. The van der Waals surface area contributed by atoms with Crippen LogP contribution in [0.4, 0.5) is 0 Å². The molecule has 6 nitrogen and oxygen atoms in total. The number of ether oxygens (including phenoxy) is 4. The SMILES string of the molecule is COc1cc2c(cc1CN1CC[C@@H](Oc3cccc4c3OCCO4)[C@H](O)C1)CCC2. The molecule has 0 bridgehead atoms. The van der Waals surface area contributed by atoms with Gasteiger partial charge in [0.2, 0.25) is 5.75 Å². The summed E-state index contributed by atoms with van der Waals surface area (Å²) in [6.45, 7) is 3.25. The zero-order valence-corrected chi connectivity index (χ0v) is 17.4. The molecule has 1 saturated heterocycles. The first-order valence-electron chi connectivity index (χ1n) is 10.9. The van der Waals surface area contributed by atoms with E-state index < -0.39 is 6.10 Å². The minimum absolute atomic E-state index is 0.264. The summed E-state index contributed by atoms with van der Waals surface area (Å²) in [5.41, 5.74) is 4.06. The van der Waals surface area contributed by atoms with Crippen LogP contribution in [-0.2, 0) is 19.4 Å². The maximum absolute atomic E-state index is 10.8. The lowest BCUT2D eigenvalue weighted by Gasteiger charge is -2.36. The zero-order valence-electron chi connectivity index (χ0n) is 17.4. The number of benzene rings is 2. The van der Waals surface area contributed by atoms with Gasteiger partial charge in [-0.25, -0.2) is 0 Å². The lowest BCUT2D eigenvalue weighted by atomic mass is 10.0. The highest BCUT2D eigenvalue weighted by Crippen LogP contribution is 2.40. The van der Waals surface area contributed by atoms with E-state index >= 15 is 0 Å². The minimum atomic E-state index is -0.570. The number of para-hydroxylation sites is 1. The van der Waals surface area contributed by atoms with Crippen molar-refractivity contribution in [3.63, 3.8) is 0 Å². The van der Waals surface area contributed by atoms with E-state index in [1.54, 1.807) is 7.11 Å². The van der Waals surface area contributed by atoms with Gasteiger partial charge in [-0.05, 0) is 55.0 Å². The summed E-state index contributed by atoms with van der Waals surface area (Å²) >= 11 is 0. The lowest BCUT2D eigenvalue weighted by Crippen LogP contribution is -2.48. The number of β-amino-alcohol motifs (C(OH)–C–C–N with tert-alkyl or cyclic N) is 1. The van der Waals surface area contributed by atoms with Crippen LogP contribution in [0.3, 0.4) is 0 Å². The van der Waals surface area contributed by atoms with E-state index in [0.29, 0.717) is 37.0 Å². The summed E-state index contributed by atoms with van der Waals surface area (Å²) in [6, 6.07) is 10.1. The van der Waals surface area contributed by atoms with Crippen molar-refractivity contribution in [1.82, 2.24) is 4.90 Å². The van der Waals surface area contributed by atoms with Gasteiger partial charge in [-0.15, -0.1) is 0 Å². The number of piperidine rings is 1. The Morgan fingerprint density at radius 2 is 1.93 bits per heavy atom. The Hall–Kier alpha value is -2.44. The van der Waals surface area contributed by atoms with Crippen molar-refractivity contribution in [2.45, 2.75) is 44.4 Å². The van der Waals surface area contributed by atoms with Gasteiger partial charge >= 0.3 is 0 Å². The molecule has 6 heteroatoms. The van der Waals surface area contributed by atoms with E-state index in [2.05, 4.69) is 17.0 Å². The third-order valence-electron chi connectivity index (χ3n) is 6.30. The van der Waals surface area contributed by atoms with E-state index in [4.69, 9.17) is 18.9 Å². The van der Waals surface area contributed by atoms with Crippen LogP contribution in [0.5, 0.6) is 23.0 Å². The van der Waals surface area contributed by atoms with Crippen molar-refractivity contribution in [2.24, 2.45) is 0 Å². The summed E-state index contributed by atoms with van der Waals surface area (Å²) in [7, 11) is 1.74. The van der Waals surface area contributed by atoms with Gasteiger partial charge in [0.05, 0.1) is 7.11 Å². The van der Waals surface area contributed by atoms with Crippen molar-refractivity contribution in [3.05, 3.63) is 47.0 Å². The van der Waals surface area contributed by atoms with E-state index in [-0.39, 0.29) is 6.10 Å². The second kappa shape index (κ2) is 8.36. The molecule has 0 amide bonds. The molecule has 5 rings (SSSR count).